The lowest BCUT2D eigenvalue weighted by Crippen LogP contribution is -2.90. The fourth-order valence-electron chi connectivity index (χ4n) is 1.25. The van der Waals surface area contributed by atoms with Gasteiger partial charge in [-0.2, -0.15) is 0 Å². The van der Waals surface area contributed by atoms with E-state index in [2.05, 4.69) is 19.2 Å². The van der Waals surface area contributed by atoms with Crippen LogP contribution in [-0.4, -0.2) is 25.3 Å². The van der Waals surface area contributed by atoms with Crippen LogP contribution in [0.25, 0.3) is 0 Å². The van der Waals surface area contributed by atoms with Gasteiger partial charge in [-0.15, -0.1) is 0 Å². The monoisotopic (exact) mass is 144 g/mol. The van der Waals surface area contributed by atoms with Crippen molar-refractivity contribution in [1.29, 1.82) is 0 Å². The summed E-state index contributed by atoms with van der Waals surface area (Å²) in [6, 6.07) is 0.712. The second kappa shape index (κ2) is 3.94. The first-order valence-corrected chi connectivity index (χ1v) is 4.24. The van der Waals surface area contributed by atoms with Crippen molar-refractivity contribution < 1.29 is 10.1 Å². The first-order valence-electron chi connectivity index (χ1n) is 4.24. The molecular weight excluding hydrogens is 126 g/mol. The second-order valence-corrected chi connectivity index (χ2v) is 3.35. The summed E-state index contributed by atoms with van der Waals surface area (Å²) < 4.78 is 5.47. The highest BCUT2D eigenvalue weighted by atomic mass is 16.5. The molecule has 0 radical (unpaired) electrons. The summed E-state index contributed by atoms with van der Waals surface area (Å²) in [5.41, 5.74) is 0. The van der Waals surface area contributed by atoms with E-state index < -0.39 is 0 Å². The SMILES string of the molecule is CC(C)[NH2+]C[C@H]1CCCO1. The van der Waals surface area contributed by atoms with Crippen LogP contribution in [0.15, 0.2) is 0 Å². The molecule has 2 nitrogen and oxygen atoms in total. The molecule has 1 rings (SSSR count). The van der Waals surface area contributed by atoms with E-state index in [1.54, 1.807) is 0 Å². The van der Waals surface area contributed by atoms with Crippen molar-refractivity contribution in [2.75, 3.05) is 13.2 Å². The zero-order chi connectivity index (χ0) is 7.40. The molecule has 1 aliphatic heterocycles. The van der Waals surface area contributed by atoms with Gasteiger partial charge in [0.1, 0.15) is 12.6 Å². The van der Waals surface area contributed by atoms with E-state index in [1.807, 2.05) is 0 Å². The van der Waals surface area contributed by atoms with Gasteiger partial charge in [0.15, 0.2) is 0 Å². The van der Waals surface area contributed by atoms with Gasteiger partial charge in [0, 0.05) is 6.61 Å². The van der Waals surface area contributed by atoms with E-state index in [9.17, 15) is 0 Å². The fourth-order valence-corrected chi connectivity index (χ4v) is 1.25. The third kappa shape index (κ3) is 2.67. The summed E-state index contributed by atoms with van der Waals surface area (Å²) in [5, 5.41) is 2.34. The molecule has 0 saturated carbocycles. The van der Waals surface area contributed by atoms with Crippen molar-refractivity contribution in [2.45, 2.75) is 38.8 Å². The Morgan fingerprint density at radius 3 is 2.90 bits per heavy atom. The van der Waals surface area contributed by atoms with Gasteiger partial charge in [-0.25, -0.2) is 0 Å². The van der Waals surface area contributed by atoms with E-state index in [-0.39, 0.29) is 0 Å². The molecule has 1 aliphatic rings. The Kier molecular flexibility index (Phi) is 3.16. The van der Waals surface area contributed by atoms with Gasteiger partial charge in [-0.3, -0.25) is 0 Å². The maximum atomic E-state index is 5.47. The molecule has 0 spiro atoms. The molecule has 1 fully saturated rings. The first kappa shape index (κ1) is 8.02. The highest BCUT2D eigenvalue weighted by Crippen LogP contribution is 2.09. The van der Waals surface area contributed by atoms with Crippen LogP contribution in [-0.2, 0) is 4.74 Å². The Labute approximate surface area is 63.0 Å². The van der Waals surface area contributed by atoms with Gasteiger partial charge in [-0.1, -0.05) is 0 Å². The molecule has 1 atom stereocenters. The minimum atomic E-state index is 0.544. The molecule has 0 unspecified atom stereocenters. The zero-order valence-electron chi connectivity index (χ0n) is 6.97. The Morgan fingerprint density at radius 1 is 1.60 bits per heavy atom. The van der Waals surface area contributed by atoms with E-state index in [0.717, 1.165) is 13.2 Å². The van der Waals surface area contributed by atoms with Crippen LogP contribution >= 0.6 is 0 Å². The van der Waals surface area contributed by atoms with Crippen molar-refractivity contribution in [2.24, 2.45) is 0 Å². The van der Waals surface area contributed by atoms with Crippen LogP contribution in [0.1, 0.15) is 26.7 Å². The van der Waals surface area contributed by atoms with Crippen LogP contribution < -0.4 is 5.32 Å². The molecule has 1 heterocycles. The number of hydrogen-bond acceptors (Lipinski definition) is 1. The molecule has 0 aromatic heterocycles. The second-order valence-electron chi connectivity index (χ2n) is 3.35. The largest absolute Gasteiger partial charge is 0.372 e. The highest BCUT2D eigenvalue weighted by molar-refractivity contribution is 4.61. The molecule has 0 aliphatic carbocycles. The molecule has 0 aromatic carbocycles. The van der Waals surface area contributed by atoms with Crippen molar-refractivity contribution in [3.8, 4) is 0 Å². The average Bonchev–Trinajstić information content (AvgIpc) is 2.34. The fraction of sp³-hybridized carbons (Fsp3) is 1.00. The summed E-state index contributed by atoms with van der Waals surface area (Å²) in [6.07, 6.45) is 3.07. The third-order valence-electron chi connectivity index (χ3n) is 1.89. The number of ether oxygens (including phenoxy) is 1. The minimum absolute atomic E-state index is 0.544. The smallest absolute Gasteiger partial charge is 0.106 e. The van der Waals surface area contributed by atoms with E-state index in [4.69, 9.17) is 4.74 Å². The molecule has 0 amide bonds. The topological polar surface area (TPSA) is 25.8 Å². The maximum absolute atomic E-state index is 5.47. The Morgan fingerprint density at radius 2 is 2.40 bits per heavy atom. The maximum Gasteiger partial charge on any atom is 0.106 e. The number of nitrogens with two attached hydrogens (primary N) is 1. The Hall–Kier alpha value is -0.0800. The molecular formula is C8H18NO+. The first-order chi connectivity index (χ1) is 4.79. The molecule has 0 bridgehead atoms. The third-order valence-corrected chi connectivity index (χ3v) is 1.89. The van der Waals surface area contributed by atoms with Crippen LogP contribution in [0.3, 0.4) is 0 Å². The summed E-state index contributed by atoms with van der Waals surface area (Å²) in [5.74, 6) is 0. The molecule has 2 heteroatoms. The lowest BCUT2D eigenvalue weighted by molar-refractivity contribution is -0.688. The van der Waals surface area contributed by atoms with Gasteiger partial charge in [0.25, 0.3) is 0 Å². The quantitative estimate of drug-likeness (QED) is 0.599. The van der Waals surface area contributed by atoms with Crippen LogP contribution in [0, 0.1) is 0 Å². The molecule has 60 valence electrons. The lowest BCUT2D eigenvalue weighted by Gasteiger charge is -2.09. The van der Waals surface area contributed by atoms with Gasteiger partial charge in [0.05, 0.1) is 6.04 Å². The molecule has 2 N–H and O–H groups in total. The average molecular weight is 144 g/mol. The Balaban J connectivity index is 2.01. The van der Waals surface area contributed by atoms with Crippen molar-refractivity contribution >= 4 is 0 Å². The van der Waals surface area contributed by atoms with E-state index in [1.165, 1.54) is 12.8 Å². The summed E-state index contributed by atoms with van der Waals surface area (Å²) >= 11 is 0. The summed E-state index contributed by atoms with van der Waals surface area (Å²) in [6.45, 7) is 6.57. The number of rotatable bonds is 3. The summed E-state index contributed by atoms with van der Waals surface area (Å²) in [4.78, 5) is 0. The molecule has 0 aromatic rings. The van der Waals surface area contributed by atoms with Crippen molar-refractivity contribution in [3.63, 3.8) is 0 Å². The normalized spacial score (nSPS) is 26.1. The van der Waals surface area contributed by atoms with Crippen molar-refractivity contribution in [3.05, 3.63) is 0 Å². The van der Waals surface area contributed by atoms with Gasteiger partial charge in [0.2, 0.25) is 0 Å². The zero-order valence-corrected chi connectivity index (χ0v) is 6.97. The lowest BCUT2D eigenvalue weighted by atomic mass is 10.2. The predicted molar refractivity (Wildman–Crippen MR) is 40.9 cm³/mol. The van der Waals surface area contributed by atoms with Crippen LogP contribution in [0.5, 0.6) is 0 Å². The predicted octanol–water partition coefficient (Wildman–Crippen LogP) is 0.137. The highest BCUT2D eigenvalue weighted by Gasteiger charge is 2.16. The van der Waals surface area contributed by atoms with E-state index in [0.29, 0.717) is 12.1 Å². The number of hydrogen-bond donors (Lipinski definition) is 1. The van der Waals surface area contributed by atoms with Gasteiger partial charge >= 0.3 is 0 Å². The van der Waals surface area contributed by atoms with Gasteiger partial charge in [-0.05, 0) is 26.7 Å². The molecule has 1 saturated heterocycles. The van der Waals surface area contributed by atoms with Crippen molar-refractivity contribution in [1.82, 2.24) is 0 Å². The standard InChI is InChI=1S/C8H17NO/c1-7(2)9-6-8-4-3-5-10-8/h7-9H,3-6H2,1-2H3/p+1/t8-/m1/s1. The Bertz CT molecular complexity index is 87.3. The van der Waals surface area contributed by atoms with Gasteiger partial charge < -0.3 is 10.1 Å². The molecule has 10 heavy (non-hydrogen) atoms. The van der Waals surface area contributed by atoms with Crippen LogP contribution in [0.4, 0.5) is 0 Å². The minimum Gasteiger partial charge on any atom is -0.372 e. The van der Waals surface area contributed by atoms with Crippen LogP contribution in [0.2, 0.25) is 0 Å². The van der Waals surface area contributed by atoms with E-state index >= 15 is 0 Å². The number of quaternary nitrogens is 1. The summed E-state index contributed by atoms with van der Waals surface area (Å²) in [7, 11) is 0.